The third-order valence-corrected chi connectivity index (χ3v) is 5.21. The zero-order chi connectivity index (χ0) is 19.0. The molecule has 10 heteroatoms. The molecule has 0 amide bonds. The second-order valence-corrected chi connectivity index (χ2v) is 7.17. The molecule has 0 atom stereocenters. The Balaban J connectivity index is 1.76. The molecule has 4 rings (SSSR count). The summed E-state index contributed by atoms with van der Waals surface area (Å²) in [5, 5.41) is 5.59. The highest BCUT2D eigenvalue weighted by molar-refractivity contribution is 7.90. The van der Waals surface area contributed by atoms with Crippen LogP contribution in [0.1, 0.15) is 5.89 Å². The van der Waals surface area contributed by atoms with E-state index in [1.54, 1.807) is 0 Å². The maximum atomic E-state index is 14.3. The number of para-hydroxylation sites is 1. The van der Waals surface area contributed by atoms with Crippen molar-refractivity contribution in [1.29, 1.82) is 0 Å². The molecule has 1 aromatic heterocycles. The van der Waals surface area contributed by atoms with Crippen LogP contribution in [0.4, 0.5) is 14.5 Å². The average molecular weight is 390 g/mol. The number of oxazole rings is 1. The second-order valence-electron chi connectivity index (χ2n) is 5.60. The summed E-state index contributed by atoms with van der Waals surface area (Å²) in [6.07, 6.45) is 2.83. The van der Waals surface area contributed by atoms with Gasteiger partial charge in [0.15, 0.2) is 11.6 Å². The van der Waals surface area contributed by atoms with Crippen LogP contribution in [0.15, 0.2) is 62.6 Å². The van der Waals surface area contributed by atoms with Gasteiger partial charge < -0.3 is 15.1 Å². The van der Waals surface area contributed by atoms with Crippen molar-refractivity contribution in [3.05, 3.63) is 66.4 Å². The summed E-state index contributed by atoms with van der Waals surface area (Å²) in [7, 11) is -4.04. The minimum Gasteiger partial charge on any atom is -0.447 e. The number of halogens is 2. The Morgan fingerprint density at radius 3 is 2.67 bits per heavy atom. The first-order chi connectivity index (χ1) is 13.0. The normalized spacial score (nSPS) is 14.8. The fourth-order valence-corrected chi connectivity index (χ4v) is 3.82. The summed E-state index contributed by atoms with van der Waals surface area (Å²) in [4.78, 5) is 3.78. The van der Waals surface area contributed by atoms with Gasteiger partial charge in [0, 0.05) is 11.1 Å². The van der Waals surface area contributed by atoms with Gasteiger partial charge in [0.25, 0.3) is 10.0 Å². The number of aromatic nitrogens is 1. The lowest BCUT2D eigenvalue weighted by Gasteiger charge is -2.21. The Morgan fingerprint density at radius 1 is 1.11 bits per heavy atom. The van der Waals surface area contributed by atoms with Gasteiger partial charge in [0.05, 0.1) is 18.4 Å². The predicted octanol–water partition coefficient (Wildman–Crippen LogP) is 2.88. The number of fused-ring (bicyclic) bond motifs is 1. The molecule has 0 bridgehead atoms. The number of benzene rings is 2. The first kappa shape index (κ1) is 17.2. The third kappa shape index (κ3) is 3.14. The van der Waals surface area contributed by atoms with Gasteiger partial charge in [0.1, 0.15) is 11.2 Å². The zero-order valence-electron chi connectivity index (χ0n) is 13.6. The van der Waals surface area contributed by atoms with Crippen molar-refractivity contribution < 1.29 is 21.6 Å². The molecule has 7 nitrogen and oxygen atoms in total. The lowest BCUT2D eigenvalue weighted by Crippen LogP contribution is -2.34. The highest BCUT2D eigenvalue weighted by atomic mass is 32.2. The van der Waals surface area contributed by atoms with Gasteiger partial charge in [-0.1, -0.05) is 24.3 Å². The highest BCUT2D eigenvalue weighted by Crippen LogP contribution is 2.37. The molecule has 2 N–H and O–H groups in total. The number of rotatable bonds is 3. The molecule has 0 saturated heterocycles. The Morgan fingerprint density at radius 2 is 1.89 bits per heavy atom. The number of hydrogen-bond donors (Lipinski definition) is 2. The molecule has 0 saturated carbocycles. The number of hydrogen-bond acceptors (Lipinski definition) is 6. The number of anilines is 1. The van der Waals surface area contributed by atoms with E-state index in [0.717, 1.165) is 6.07 Å². The number of nitrogens with one attached hydrogen (secondary N) is 2. The molecule has 0 unspecified atom stereocenters. The van der Waals surface area contributed by atoms with E-state index < -0.39 is 21.7 Å². The van der Waals surface area contributed by atoms with Gasteiger partial charge in [-0.3, -0.25) is 0 Å². The van der Waals surface area contributed by atoms with Gasteiger partial charge in [-0.2, -0.15) is 8.42 Å². The number of guanidine groups is 1. The molecule has 0 fully saturated rings. The molecular weight excluding hydrogens is 378 g/mol. The van der Waals surface area contributed by atoms with Gasteiger partial charge in [-0.05, 0) is 12.1 Å². The van der Waals surface area contributed by atoms with Gasteiger partial charge >= 0.3 is 0 Å². The van der Waals surface area contributed by atoms with E-state index in [1.165, 1.54) is 42.8 Å². The first-order valence-electron chi connectivity index (χ1n) is 7.77. The van der Waals surface area contributed by atoms with Crippen molar-refractivity contribution in [2.45, 2.75) is 11.4 Å². The Kier molecular flexibility index (Phi) is 4.11. The summed E-state index contributed by atoms with van der Waals surface area (Å²) in [6.45, 7) is 0.0835. The molecule has 0 spiro atoms. The number of sulfonamides is 1. The maximum absolute atomic E-state index is 14.3. The van der Waals surface area contributed by atoms with E-state index in [1.807, 2.05) is 0 Å². The topological polar surface area (TPSA) is 96.6 Å². The SMILES string of the molecule is O=S1(=O)N=C(NCc2ncco2)Nc2c(-c3cccc(F)c3F)cccc21. The molecule has 1 aliphatic rings. The second kappa shape index (κ2) is 6.47. The summed E-state index contributed by atoms with van der Waals surface area (Å²) in [6, 6.07) is 7.98. The van der Waals surface area contributed by atoms with Crippen molar-refractivity contribution in [1.82, 2.24) is 10.3 Å². The molecule has 2 heterocycles. The standard InChI is InChI=1S/C17H12F2N4O3S/c18-12-5-1-3-10(15(12)19)11-4-2-6-13-16(11)22-17(23-27(13,24)25)21-9-14-20-7-8-26-14/h1-8H,9H2,(H2,21,22,23). The molecular formula is C17H12F2N4O3S. The monoisotopic (exact) mass is 390 g/mol. The maximum Gasteiger partial charge on any atom is 0.287 e. The van der Waals surface area contributed by atoms with E-state index in [2.05, 4.69) is 20.0 Å². The predicted molar refractivity (Wildman–Crippen MR) is 93.4 cm³/mol. The van der Waals surface area contributed by atoms with Crippen LogP contribution in [0.5, 0.6) is 0 Å². The van der Waals surface area contributed by atoms with E-state index in [-0.39, 0.29) is 34.2 Å². The summed E-state index contributed by atoms with van der Waals surface area (Å²) < 4.78 is 61.6. The minimum atomic E-state index is -4.04. The molecule has 138 valence electrons. The van der Waals surface area contributed by atoms with E-state index >= 15 is 0 Å². The lowest BCUT2D eigenvalue weighted by molar-refractivity contribution is 0.488. The van der Waals surface area contributed by atoms with Crippen LogP contribution in [0.25, 0.3) is 11.1 Å². The summed E-state index contributed by atoms with van der Waals surface area (Å²) in [5.74, 6) is -1.85. The molecule has 1 aliphatic heterocycles. The van der Waals surface area contributed by atoms with Crippen molar-refractivity contribution >= 4 is 21.7 Å². The van der Waals surface area contributed by atoms with Crippen LogP contribution >= 0.6 is 0 Å². The Bertz CT molecular complexity index is 1140. The van der Waals surface area contributed by atoms with E-state index in [9.17, 15) is 17.2 Å². The molecule has 2 aromatic carbocycles. The minimum absolute atomic E-state index is 0.0662. The van der Waals surface area contributed by atoms with E-state index in [4.69, 9.17) is 4.42 Å². The fourth-order valence-electron chi connectivity index (χ4n) is 2.70. The van der Waals surface area contributed by atoms with Crippen LogP contribution in [0, 0.1) is 11.6 Å². The number of nitrogens with zero attached hydrogens (tertiary/aromatic N) is 2. The van der Waals surface area contributed by atoms with Crippen LogP contribution < -0.4 is 10.6 Å². The molecule has 0 aliphatic carbocycles. The van der Waals surface area contributed by atoms with Gasteiger partial charge in [-0.15, -0.1) is 4.40 Å². The van der Waals surface area contributed by atoms with E-state index in [0.29, 0.717) is 5.89 Å². The average Bonchev–Trinajstić information content (AvgIpc) is 3.15. The largest absolute Gasteiger partial charge is 0.447 e. The van der Waals surface area contributed by atoms with Gasteiger partial charge in [0.2, 0.25) is 11.9 Å². The van der Waals surface area contributed by atoms with Crippen LogP contribution in [-0.2, 0) is 16.6 Å². The van der Waals surface area contributed by atoms with Crippen molar-refractivity contribution in [3.63, 3.8) is 0 Å². The molecule has 3 aromatic rings. The summed E-state index contributed by atoms with van der Waals surface area (Å²) in [5.41, 5.74) is 0.230. The molecule has 0 radical (unpaired) electrons. The van der Waals surface area contributed by atoms with Crippen molar-refractivity contribution in [3.8, 4) is 11.1 Å². The quantitative estimate of drug-likeness (QED) is 0.714. The summed E-state index contributed by atoms with van der Waals surface area (Å²) >= 11 is 0. The highest BCUT2D eigenvalue weighted by Gasteiger charge is 2.28. The Hall–Kier alpha value is -3.27. The first-order valence-corrected chi connectivity index (χ1v) is 9.21. The van der Waals surface area contributed by atoms with Crippen LogP contribution in [0.3, 0.4) is 0 Å². The lowest BCUT2D eigenvalue weighted by atomic mass is 10.0. The zero-order valence-corrected chi connectivity index (χ0v) is 14.4. The molecule has 27 heavy (non-hydrogen) atoms. The smallest absolute Gasteiger partial charge is 0.287 e. The Labute approximate surface area is 152 Å². The van der Waals surface area contributed by atoms with Gasteiger partial charge in [-0.25, -0.2) is 13.8 Å². The fraction of sp³-hybridized carbons (Fsp3) is 0.0588. The van der Waals surface area contributed by atoms with Crippen molar-refractivity contribution in [2.24, 2.45) is 4.40 Å². The van der Waals surface area contributed by atoms with Crippen LogP contribution in [0.2, 0.25) is 0 Å². The van der Waals surface area contributed by atoms with Crippen LogP contribution in [-0.4, -0.2) is 19.4 Å². The third-order valence-electron chi connectivity index (χ3n) is 3.89. The van der Waals surface area contributed by atoms with Crippen molar-refractivity contribution in [2.75, 3.05) is 5.32 Å².